The topological polar surface area (TPSA) is 62.0 Å². The molecule has 110 valence electrons. The maximum atomic E-state index is 10.2. The third kappa shape index (κ3) is 3.39. The van der Waals surface area contributed by atoms with Gasteiger partial charge in [-0.15, -0.1) is 0 Å². The van der Waals surface area contributed by atoms with E-state index in [9.17, 15) is 10.2 Å². The number of hydrogen-bond acceptors (Lipinski definition) is 4. The SMILES string of the molecule is COc1cc(Br)c(Br)c(C=Nc2cc(C)ccc2O)c1O. The summed E-state index contributed by atoms with van der Waals surface area (Å²) >= 11 is 6.76. The molecule has 0 aromatic heterocycles. The van der Waals surface area contributed by atoms with Gasteiger partial charge >= 0.3 is 0 Å². The number of phenols is 2. The van der Waals surface area contributed by atoms with Crippen LogP contribution in [-0.4, -0.2) is 23.5 Å². The Hall–Kier alpha value is -1.53. The van der Waals surface area contributed by atoms with E-state index in [4.69, 9.17) is 4.74 Å². The highest BCUT2D eigenvalue weighted by Crippen LogP contribution is 2.40. The van der Waals surface area contributed by atoms with Crippen LogP contribution in [0.4, 0.5) is 5.69 Å². The molecule has 0 saturated heterocycles. The zero-order valence-electron chi connectivity index (χ0n) is 11.4. The first kappa shape index (κ1) is 15.9. The minimum absolute atomic E-state index is 0.0246. The molecular weight excluding hydrogens is 402 g/mol. The Balaban J connectivity index is 2.50. The number of methoxy groups -OCH3 is 1. The first-order valence-electron chi connectivity index (χ1n) is 6.02. The Bertz CT molecular complexity index is 715. The summed E-state index contributed by atoms with van der Waals surface area (Å²) in [7, 11) is 1.47. The number of halogens is 2. The number of aryl methyl sites for hydroxylation is 1. The van der Waals surface area contributed by atoms with Crippen LogP contribution < -0.4 is 4.74 Å². The zero-order valence-corrected chi connectivity index (χ0v) is 14.6. The van der Waals surface area contributed by atoms with Crippen molar-refractivity contribution < 1.29 is 14.9 Å². The summed E-state index contributed by atoms with van der Waals surface area (Å²) in [6, 6.07) is 6.79. The van der Waals surface area contributed by atoms with Crippen LogP contribution in [0.15, 0.2) is 38.2 Å². The van der Waals surface area contributed by atoms with Crippen LogP contribution >= 0.6 is 31.9 Å². The molecule has 0 amide bonds. The normalized spacial score (nSPS) is 11.0. The van der Waals surface area contributed by atoms with Crippen LogP contribution in [0.25, 0.3) is 0 Å². The Kier molecular flexibility index (Phi) is 4.90. The van der Waals surface area contributed by atoms with Gasteiger partial charge in [0.1, 0.15) is 11.4 Å². The smallest absolute Gasteiger partial charge is 0.167 e. The van der Waals surface area contributed by atoms with Gasteiger partial charge in [-0.3, -0.25) is 4.99 Å². The number of aliphatic imine (C=N–C) groups is 1. The van der Waals surface area contributed by atoms with Crippen LogP contribution in [-0.2, 0) is 0 Å². The third-order valence-corrected chi connectivity index (χ3v) is 4.89. The third-order valence-electron chi connectivity index (χ3n) is 2.88. The highest BCUT2D eigenvalue weighted by Gasteiger charge is 2.14. The maximum Gasteiger partial charge on any atom is 0.167 e. The summed E-state index contributed by atoms with van der Waals surface area (Å²) < 4.78 is 6.48. The molecule has 0 aliphatic rings. The molecule has 2 aromatic rings. The van der Waals surface area contributed by atoms with E-state index in [2.05, 4.69) is 36.9 Å². The molecule has 2 rings (SSSR count). The van der Waals surface area contributed by atoms with E-state index in [-0.39, 0.29) is 11.5 Å². The molecule has 0 bridgehead atoms. The molecule has 2 N–H and O–H groups in total. The van der Waals surface area contributed by atoms with Crippen molar-refractivity contribution in [1.29, 1.82) is 0 Å². The summed E-state index contributed by atoms with van der Waals surface area (Å²) in [6.07, 6.45) is 1.47. The second-order valence-electron chi connectivity index (χ2n) is 4.39. The molecular formula is C15H13Br2NO3. The highest BCUT2D eigenvalue weighted by molar-refractivity contribution is 9.13. The van der Waals surface area contributed by atoms with Crippen LogP contribution in [0.3, 0.4) is 0 Å². The van der Waals surface area contributed by atoms with Crippen molar-refractivity contribution in [3.63, 3.8) is 0 Å². The van der Waals surface area contributed by atoms with Gasteiger partial charge in [-0.25, -0.2) is 0 Å². The average Bonchev–Trinajstić information content (AvgIpc) is 2.46. The van der Waals surface area contributed by atoms with Crippen molar-refractivity contribution in [3.05, 3.63) is 44.3 Å². The number of aromatic hydroxyl groups is 2. The Labute approximate surface area is 139 Å². The minimum atomic E-state index is -0.0246. The van der Waals surface area contributed by atoms with Crippen LogP contribution in [0.2, 0.25) is 0 Å². The lowest BCUT2D eigenvalue weighted by Gasteiger charge is -2.10. The number of benzene rings is 2. The van der Waals surface area contributed by atoms with Gasteiger partial charge in [0.05, 0.1) is 12.7 Å². The van der Waals surface area contributed by atoms with Crippen LogP contribution in [0.5, 0.6) is 17.2 Å². The second kappa shape index (κ2) is 6.49. The Morgan fingerprint density at radius 3 is 2.57 bits per heavy atom. The van der Waals surface area contributed by atoms with Crippen LogP contribution in [0, 0.1) is 6.92 Å². The number of hydrogen-bond donors (Lipinski definition) is 2. The molecule has 0 unspecified atom stereocenters. The number of ether oxygens (including phenoxy) is 1. The van der Waals surface area contributed by atoms with E-state index in [1.54, 1.807) is 24.3 Å². The second-order valence-corrected chi connectivity index (χ2v) is 6.03. The van der Waals surface area contributed by atoms with E-state index in [1.807, 2.05) is 6.92 Å². The molecule has 0 aliphatic heterocycles. The lowest BCUT2D eigenvalue weighted by Crippen LogP contribution is -1.92. The minimum Gasteiger partial charge on any atom is -0.506 e. The van der Waals surface area contributed by atoms with Gasteiger partial charge in [0.15, 0.2) is 11.5 Å². The summed E-state index contributed by atoms with van der Waals surface area (Å²) in [5.41, 5.74) is 1.87. The highest BCUT2D eigenvalue weighted by atomic mass is 79.9. The lowest BCUT2D eigenvalue weighted by atomic mass is 10.2. The Morgan fingerprint density at radius 1 is 1.19 bits per heavy atom. The van der Waals surface area contributed by atoms with Gasteiger partial charge in [-0.1, -0.05) is 6.07 Å². The fraction of sp³-hybridized carbons (Fsp3) is 0.133. The lowest BCUT2D eigenvalue weighted by molar-refractivity contribution is 0.372. The van der Waals surface area contributed by atoms with Crippen molar-refractivity contribution in [2.75, 3.05) is 7.11 Å². The molecule has 21 heavy (non-hydrogen) atoms. The Morgan fingerprint density at radius 2 is 1.90 bits per heavy atom. The average molecular weight is 415 g/mol. The van der Waals surface area contributed by atoms with E-state index in [0.717, 1.165) is 10.0 Å². The summed E-state index contributed by atoms with van der Waals surface area (Å²) in [5.74, 6) is 0.387. The standard InChI is InChI=1S/C15H13Br2NO3/c1-8-3-4-12(19)11(5-8)18-7-9-14(17)10(16)6-13(21-2)15(9)20/h3-7,19-20H,1-2H3. The van der Waals surface area contributed by atoms with E-state index >= 15 is 0 Å². The van der Waals surface area contributed by atoms with Crippen molar-refractivity contribution in [2.24, 2.45) is 4.99 Å². The zero-order chi connectivity index (χ0) is 15.6. The molecule has 4 nitrogen and oxygen atoms in total. The number of rotatable bonds is 3. The van der Waals surface area contributed by atoms with E-state index in [1.165, 1.54) is 13.3 Å². The number of nitrogens with zero attached hydrogens (tertiary/aromatic N) is 1. The summed E-state index contributed by atoms with van der Waals surface area (Å²) in [6.45, 7) is 1.91. The monoisotopic (exact) mass is 413 g/mol. The van der Waals surface area contributed by atoms with Gasteiger partial charge in [0, 0.05) is 15.2 Å². The summed E-state index contributed by atoms with van der Waals surface area (Å²) in [5, 5.41) is 20.0. The first-order valence-corrected chi connectivity index (χ1v) is 7.61. The fourth-order valence-electron chi connectivity index (χ4n) is 1.76. The predicted octanol–water partition coefficient (Wildman–Crippen LogP) is 4.69. The predicted molar refractivity (Wildman–Crippen MR) is 90.2 cm³/mol. The molecule has 0 spiro atoms. The van der Waals surface area contributed by atoms with E-state index in [0.29, 0.717) is 21.5 Å². The van der Waals surface area contributed by atoms with Crippen molar-refractivity contribution in [3.8, 4) is 17.2 Å². The molecule has 2 aromatic carbocycles. The first-order chi connectivity index (χ1) is 9.93. The summed E-state index contributed by atoms with van der Waals surface area (Å²) in [4.78, 5) is 4.23. The maximum absolute atomic E-state index is 10.2. The molecule has 0 fully saturated rings. The van der Waals surface area contributed by atoms with Gasteiger partial charge in [0.2, 0.25) is 0 Å². The van der Waals surface area contributed by atoms with E-state index < -0.39 is 0 Å². The molecule has 0 aliphatic carbocycles. The largest absolute Gasteiger partial charge is 0.506 e. The van der Waals surface area contributed by atoms with Crippen molar-refractivity contribution in [1.82, 2.24) is 0 Å². The van der Waals surface area contributed by atoms with Crippen molar-refractivity contribution >= 4 is 43.8 Å². The quantitative estimate of drug-likeness (QED) is 0.716. The van der Waals surface area contributed by atoms with Gasteiger partial charge in [-0.05, 0) is 62.5 Å². The molecule has 0 heterocycles. The van der Waals surface area contributed by atoms with Crippen molar-refractivity contribution in [2.45, 2.75) is 6.92 Å². The molecule has 0 radical (unpaired) electrons. The van der Waals surface area contributed by atoms with Gasteiger partial charge < -0.3 is 14.9 Å². The molecule has 0 atom stereocenters. The molecule has 6 heteroatoms. The van der Waals surface area contributed by atoms with Crippen LogP contribution in [0.1, 0.15) is 11.1 Å². The molecule has 0 saturated carbocycles. The van der Waals surface area contributed by atoms with Gasteiger partial charge in [0.25, 0.3) is 0 Å². The number of phenolic OH excluding ortho intramolecular Hbond substituents is 2. The van der Waals surface area contributed by atoms with Gasteiger partial charge in [-0.2, -0.15) is 0 Å². The fourth-order valence-corrected chi connectivity index (χ4v) is 2.58.